The minimum Gasteiger partial charge on any atom is -0.279 e. The van der Waals surface area contributed by atoms with Crippen molar-refractivity contribution in [1.82, 2.24) is 9.29 Å². The first kappa shape index (κ1) is 28.2. The van der Waals surface area contributed by atoms with Crippen molar-refractivity contribution in [2.45, 2.75) is 39.1 Å². The van der Waals surface area contributed by atoms with Gasteiger partial charge in [0.15, 0.2) is 5.13 Å². The number of aromatic nitrogens is 1. The van der Waals surface area contributed by atoms with Crippen LogP contribution in [0.4, 0.5) is 5.13 Å². The van der Waals surface area contributed by atoms with Crippen molar-refractivity contribution < 1.29 is 13.2 Å². The molecule has 0 bridgehead atoms. The molecule has 3 aromatic carbocycles. The molecule has 0 saturated carbocycles. The predicted octanol–water partition coefficient (Wildman–Crippen LogP) is 7.10. The van der Waals surface area contributed by atoms with Crippen molar-refractivity contribution in [1.29, 1.82) is 0 Å². The van der Waals surface area contributed by atoms with Crippen molar-refractivity contribution in [2.75, 3.05) is 18.0 Å². The van der Waals surface area contributed by atoms with Gasteiger partial charge in [-0.1, -0.05) is 81.0 Å². The molecule has 0 fully saturated rings. The van der Waals surface area contributed by atoms with Crippen LogP contribution in [-0.4, -0.2) is 36.7 Å². The zero-order valence-electron chi connectivity index (χ0n) is 22.0. The average Bonchev–Trinajstić information content (AvgIpc) is 3.29. The van der Waals surface area contributed by atoms with Gasteiger partial charge in [-0.2, -0.15) is 4.31 Å². The fourth-order valence-electron chi connectivity index (χ4n) is 4.15. The van der Waals surface area contributed by atoms with Gasteiger partial charge >= 0.3 is 0 Å². The van der Waals surface area contributed by atoms with Crippen LogP contribution in [-0.2, 0) is 16.6 Å². The van der Waals surface area contributed by atoms with Crippen molar-refractivity contribution >= 4 is 54.2 Å². The van der Waals surface area contributed by atoms with Crippen LogP contribution in [0.2, 0.25) is 5.02 Å². The quantitative estimate of drug-likeness (QED) is 0.204. The van der Waals surface area contributed by atoms with E-state index in [0.717, 1.165) is 15.8 Å². The molecular formula is C29H32ClN3O3S2. The third-order valence-electron chi connectivity index (χ3n) is 5.88. The number of amides is 1. The summed E-state index contributed by atoms with van der Waals surface area (Å²) in [5, 5.41) is 1.15. The number of hydrogen-bond donors (Lipinski definition) is 0. The summed E-state index contributed by atoms with van der Waals surface area (Å²) in [5.74, 6) is 0.128. The van der Waals surface area contributed by atoms with E-state index in [-0.39, 0.29) is 22.6 Å². The Morgan fingerprint density at radius 3 is 2.16 bits per heavy atom. The molecule has 4 aromatic rings. The monoisotopic (exact) mass is 569 g/mol. The maximum Gasteiger partial charge on any atom is 0.260 e. The van der Waals surface area contributed by atoms with E-state index in [0.29, 0.717) is 35.4 Å². The van der Waals surface area contributed by atoms with E-state index in [2.05, 4.69) is 0 Å². The highest BCUT2D eigenvalue weighted by Crippen LogP contribution is 2.32. The SMILES string of the molecule is CC(C)CN(CC(C)C)S(=O)(=O)c1ccc(C(=O)N(Cc2ccccc2)c2nc3ccc(Cl)cc3s2)cc1. The number of hydrogen-bond acceptors (Lipinski definition) is 5. The lowest BCUT2D eigenvalue weighted by Crippen LogP contribution is -2.37. The van der Waals surface area contributed by atoms with Gasteiger partial charge in [0.05, 0.1) is 21.7 Å². The summed E-state index contributed by atoms with van der Waals surface area (Å²) in [6, 6.07) is 21.4. The molecule has 1 heterocycles. The summed E-state index contributed by atoms with van der Waals surface area (Å²) >= 11 is 7.56. The Hall–Kier alpha value is -2.78. The van der Waals surface area contributed by atoms with Gasteiger partial charge in [-0.3, -0.25) is 9.69 Å². The van der Waals surface area contributed by atoms with Crippen LogP contribution >= 0.6 is 22.9 Å². The van der Waals surface area contributed by atoms with Crippen LogP contribution in [0.25, 0.3) is 10.2 Å². The third kappa shape index (κ3) is 6.61. The van der Waals surface area contributed by atoms with Crippen molar-refractivity contribution in [3.63, 3.8) is 0 Å². The number of carbonyl (C=O) groups excluding carboxylic acids is 1. The molecule has 0 atom stereocenters. The Kier molecular flexibility index (Phi) is 8.88. The highest BCUT2D eigenvalue weighted by molar-refractivity contribution is 7.89. The van der Waals surface area contributed by atoms with Crippen molar-refractivity contribution in [3.8, 4) is 0 Å². The Morgan fingerprint density at radius 1 is 0.921 bits per heavy atom. The lowest BCUT2D eigenvalue weighted by atomic mass is 10.1. The second-order valence-electron chi connectivity index (χ2n) is 10.1. The number of rotatable bonds is 10. The third-order valence-corrected chi connectivity index (χ3v) is 9.00. The van der Waals surface area contributed by atoms with Gasteiger partial charge < -0.3 is 0 Å². The summed E-state index contributed by atoms with van der Waals surface area (Å²) < 4.78 is 29.3. The molecule has 0 N–H and O–H groups in total. The predicted molar refractivity (Wildman–Crippen MR) is 156 cm³/mol. The van der Waals surface area contributed by atoms with Gasteiger partial charge in [-0.05, 0) is 59.9 Å². The second-order valence-corrected chi connectivity index (χ2v) is 13.5. The summed E-state index contributed by atoms with van der Waals surface area (Å²) in [6.07, 6.45) is 0. The molecule has 0 saturated heterocycles. The summed E-state index contributed by atoms with van der Waals surface area (Å²) in [6.45, 7) is 9.21. The van der Waals surface area contributed by atoms with E-state index in [4.69, 9.17) is 16.6 Å². The minimum atomic E-state index is -3.69. The van der Waals surface area contributed by atoms with Gasteiger partial charge in [0.2, 0.25) is 10.0 Å². The largest absolute Gasteiger partial charge is 0.279 e. The molecule has 4 rings (SSSR count). The van der Waals surface area contributed by atoms with Crippen LogP contribution in [0.15, 0.2) is 77.7 Å². The van der Waals surface area contributed by atoms with Gasteiger partial charge in [0.1, 0.15) is 0 Å². The fraction of sp³-hybridized carbons (Fsp3) is 0.310. The van der Waals surface area contributed by atoms with Crippen molar-refractivity contribution in [2.24, 2.45) is 11.8 Å². The number of thiazole rings is 1. The maximum absolute atomic E-state index is 13.8. The van der Waals surface area contributed by atoms with E-state index in [9.17, 15) is 13.2 Å². The molecule has 0 aliphatic rings. The number of anilines is 1. The topological polar surface area (TPSA) is 70.6 Å². The lowest BCUT2D eigenvalue weighted by molar-refractivity contribution is 0.0985. The number of carbonyl (C=O) groups is 1. The van der Waals surface area contributed by atoms with E-state index in [1.165, 1.54) is 27.8 Å². The van der Waals surface area contributed by atoms with Crippen LogP contribution in [0, 0.1) is 11.8 Å². The smallest absolute Gasteiger partial charge is 0.260 e. The Morgan fingerprint density at radius 2 is 1.55 bits per heavy atom. The van der Waals surface area contributed by atoms with Crippen molar-refractivity contribution in [3.05, 3.63) is 88.9 Å². The molecular weight excluding hydrogens is 538 g/mol. The first-order valence-corrected chi connectivity index (χ1v) is 15.2. The molecule has 1 aromatic heterocycles. The first-order valence-electron chi connectivity index (χ1n) is 12.6. The fourth-order valence-corrected chi connectivity index (χ4v) is 7.16. The highest BCUT2D eigenvalue weighted by Gasteiger charge is 2.27. The van der Waals surface area contributed by atoms with E-state index in [1.807, 2.05) is 70.2 Å². The first-order chi connectivity index (χ1) is 18.0. The standard InChI is InChI=1S/C29H32ClN3O3S2/c1-20(2)17-32(18-21(3)4)38(35,36)25-13-10-23(11-14-25)28(34)33(19-22-8-6-5-7-9-22)29-31-26-15-12-24(30)16-27(26)37-29/h5-16,20-21H,17-19H2,1-4H3. The molecule has 0 spiro atoms. The molecule has 200 valence electrons. The van der Waals surface area contributed by atoms with Crippen LogP contribution in [0.3, 0.4) is 0 Å². The number of sulfonamides is 1. The maximum atomic E-state index is 13.8. The van der Waals surface area contributed by atoms with Crippen LogP contribution in [0.1, 0.15) is 43.6 Å². The Balaban J connectivity index is 1.67. The zero-order valence-corrected chi connectivity index (χ0v) is 24.4. The zero-order chi connectivity index (χ0) is 27.4. The van der Waals surface area contributed by atoms with Gasteiger partial charge in [0.25, 0.3) is 5.91 Å². The molecule has 0 aliphatic heterocycles. The Bertz CT molecular complexity index is 1490. The summed E-state index contributed by atoms with van der Waals surface area (Å²) in [7, 11) is -3.69. The molecule has 38 heavy (non-hydrogen) atoms. The number of fused-ring (bicyclic) bond motifs is 1. The van der Waals surface area contributed by atoms with E-state index < -0.39 is 10.0 Å². The second kappa shape index (κ2) is 11.9. The van der Waals surface area contributed by atoms with Gasteiger partial charge in [0, 0.05) is 23.7 Å². The van der Waals surface area contributed by atoms with E-state index in [1.54, 1.807) is 23.1 Å². The average molecular weight is 570 g/mol. The summed E-state index contributed by atoms with van der Waals surface area (Å²) in [5.41, 5.74) is 2.10. The summed E-state index contributed by atoms with van der Waals surface area (Å²) in [4.78, 5) is 20.3. The molecule has 9 heteroatoms. The molecule has 0 aliphatic carbocycles. The highest BCUT2D eigenvalue weighted by atomic mass is 35.5. The minimum absolute atomic E-state index is 0.180. The van der Waals surface area contributed by atoms with Crippen LogP contribution in [0.5, 0.6) is 0 Å². The molecule has 1 amide bonds. The van der Waals surface area contributed by atoms with E-state index >= 15 is 0 Å². The number of nitrogens with zero attached hydrogens (tertiary/aromatic N) is 3. The Labute approximate surface area is 233 Å². The number of benzene rings is 3. The lowest BCUT2D eigenvalue weighted by Gasteiger charge is -2.26. The normalized spacial score (nSPS) is 12.1. The van der Waals surface area contributed by atoms with Gasteiger partial charge in [-0.15, -0.1) is 0 Å². The number of halogens is 1. The van der Waals surface area contributed by atoms with Gasteiger partial charge in [-0.25, -0.2) is 13.4 Å². The molecule has 0 unspecified atom stereocenters. The molecule has 6 nitrogen and oxygen atoms in total. The van der Waals surface area contributed by atoms with Crippen LogP contribution < -0.4 is 4.90 Å². The molecule has 0 radical (unpaired) electrons.